The summed E-state index contributed by atoms with van der Waals surface area (Å²) >= 11 is 1.57. The fourth-order valence-electron chi connectivity index (χ4n) is 1.34. The highest BCUT2D eigenvalue weighted by Crippen LogP contribution is 2.12. The molecule has 1 aromatic carbocycles. The van der Waals surface area contributed by atoms with Crippen LogP contribution in [0.15, 0.2) is 40.8 Å². The molecular formula is C13H12N2O2S. The van der Waals surface area contributed by atoms with Crippen molar-refractivity contribution in [3.05, 3.63) is 51.7 Å². The summed E-state index contributed by atoms with van der Waals surface area (Å²) in [6, 6.07) is 7.99. The van der Waals surface area contributed by atoms with E-state index in [0.29, 0.717) is 5.56 Å². The molecule has 18 heavy (non-hydrogen) atoms. The lowest BCUT2D eigenvalue weighted by atomic mass is 10.2. The molecule has 0 aliphatic carbocycles. The largest absolute Gasteiger partial charge is 0.508 e. The van der Waals surface area contributed by atoms with E-state index in [2.05, 4.69) is 10.5 Å². The van der Waals surface area contributed by atoms with Crippen LogP contribution < -0.4 is 5.43 Å². The predicted octanol–water partition coefficient (Wildman–Crippen LogP) is 2.53. The van der Waals surface area contributed by atoms with Crippen LogP contribution in [0.3, 0.4) is 0 Å². The van der Waals surface area contributed by atoms with Gasteiger partial charge >= 0.3 is 0 Å². The van der Waals surface area contributed by atoms with Gasteiger partial charge in [-0.1, -0.05) is 0 Å². The second-order valence-corrected chi connectivity index (χ2v) is 4.66. The number of nitrogens with one attached hydrogen (secondary N) is 1. The smallest absolute Gasteiger partial charge is 0.271 e. The van der Waals surface area contributed by atoms with Crippen LogP contribution in [-0.2, 0) is 0 Å². The van der Waals surface area contributed by atoms with E-state index in [0.717, 1.165) is 10.4 Å². The Hall–Kier alpha value is -2.14. The van der Waals surface area contributed by atoms with Crippen LogP contribution in [0.1, 0.15) is 20.8 Å². The summed E-state index contributed by atoms with van der Waals surface area (Å²) < 4.78 is 0. The number of amides is 1. The van der Waals surface area contributed by atoms with Crippen LogP contribution in [0.2, 0.25) is 0 Å². The average Bonchev–Trinajstić information content (AvgIpc) is 2.76. The highest BCUT2D eigenvalue weighted by Gasteiger charge is 2.03. The van der Waals surface area contributed by atoms with Gasteiger partial charge in [0.1, 0.15) is 5.75 Å². The number of aromatic hydroxyl groups is 1. The van der Waals surface area contributed by atoms with Crippen molar-refractivity contribution in [1.82, 2.24) is 5.43 Å². The second kappa shape index (κ2) is 5.46. The van der Waals surface area contributed by atoms with Crippen LogP contribution in [0.5, 0.6) is 5.75 Å². The van der Waals surface area contributed by atoms with Gasteiger partial charge < -0.3 is 5.11 Å². The molecule has 0 saturated heterocycles. The summed E-state index contributed by atoms with van der Waals surface area (Å²) in [5.74, 6) is -0.176. The van der Waals surface area contributed by atoms with Crippen molar-refractivity contribution < 1.29 is 9.90 Å². The number of benzene rings is 1. The van der Waals surface area contributed by atoms with Crippen molar-refractivity contribution in [3.63, 3.8) is 0 Å². The molecule has 0 aliphatic heterocycles. The van der Waals surface area contributed by atoms with Crippen molar-refractivity contribution in [2.75, 3.05) is 0 Å². The molecule has 0 bridgehead atoms. The number of carbonyl (C=O) groups is 1. The third-order valence-electron chi connectivity index (χ3n) is 2.38. The van der Waals surface area contributed by atoms with Crippen molar-refractivity contribution in [3.8, 4) is 5.75 Å². The number of hydrazone groups is 1. The molecule has 4 nitrogen and oxygen atoms in total. The Morgan fingerprint density at radius 3 is 2.67 bits per heavy atom. The van der Waals surface area contributed by atoms with Crippen LogP contribution in [0, 0.1) is 6.92 Å². The maximum absolute atomic E-state index is 11.7. The van der Waals surface area contributed by atoms with E-state index in [4.69, 9.17) is 5.11 Å². The summed E-state index contributed by atoms with van der Waals surface area (Å²) in [4.78, 5) is 12.7. The monoisotopic (exact) mass is 260 g/mol. The molecule has 5 heteroatoms. The van der Waals surface area contributed by atoms with Gasteiger partial charge in [-0.05, 0) is 48.2 Å². The molecule has 0 fully saturated rings. The van der Waals surface area contributed by atoms with E-state index in [-0.39, 0.29) is 11.7 Å². The molecule has 2 aromatic rings. The Labute approximate surface area is 109 Å². The lowest BCUT2D eigenvalue weighted by Gasteiger charge is -1.99. The van der Waals surface area contributed by atoms with Crippen molar-refractivity contribution in [2.24, 2.45) is 5.10 Å². The van der Waals surface area contributed by atoms with Crippen molar-refractivity contribution in [1.29, 1.82) is 0 Å². The van der Waals surface area contributed by atoms with Crippen LogP contribution in [0.25, 0.3) is 0 Å². The average molecular weight is 260 g/mol. The highest BCUT2D eigenvalue weighted by atomic mass is 32.1. The first-order valence-corrected chi connectivity index (χ1v) is 6.21. The minimum atomic E-state index is -0.305. The van der Waals surface area contributed by atoms with Gasteiger partial charge in [-0.3, -0.25) is 4.79 Å². The van der Waals surface area contributed by atoms with E-state index in [1.165, 1.54) is 24.3 Å². The third-order valence-corrected chi connectivity index (χ3v) is 3.33. The van der Waals surface area contributed by atoms with E-state index in [9.17, 15) is 4.79 Å². The van der Waals surface area contributed by atoms with E-state index < -0.39 is 0 Å². The van der Waals surface area contributed by atoms with E-state index in [1.54, 1.807) is 17.6 Å². The summed E-state index contributed by atoms with van der Waals surface area (Å²) in [5, 5.41) is 15.0. The normalized spacial score (nSPS) is 10.7. The predicted molar refractivity (Wildman–Crippen MR) is 72.2 cm³/mol. The number of aryl methyl sites for hydroxylation is 1. The van der Waals surface area contributed by atoms with Crippen molar-refractivity contribution >= 4 is 23.5 Å². The van der Waals surface area contributed by atoms with Gasteiger partial charge in [0.15, 0.2) is 0 Å². The van der Waals surface area contributed by atoms with Crippen LogP contribution >= 0.6 is 11.3 Å². The minimum absolute atomic E-state index is 0.129. The first kappa shape index (κ1) is 12.3. The van der Waals surface area contributed by atoms with Gasteiger partial charge in [-0.25, -0.2) is 5.43 Å². The number of phenolic OH excluding ortho intramolecular Hbond substituents is 1. The summed E-state index contributed by atoms with van der Waals surface area (Å²) in [6.07, 6.45) is 1.62. The number of thiophene rings is 1. The number of rotatable bonds is 3. The molecule has 0 spiro atoms. The molecule has 1 heterocycles. The van der Waals surface area contributed by atoms with Gasteiger partial charge in [-0.15, -0.1) is 11.3 Å². The topological polar surface area (TPSA) is 61.7 Å². The highest BCUT2D eigenvalue weighted by molar-refractivity contribution is 7.11. The Balaban J connectivity index is 1.98. The summed E-state index contributed by atoms with van der Waals surface area (Å²) in [6.45, 7) is 1.99. The molecule has 0 radical (unpaired) electrons. The number of nitrogens with zero attached hydrogens (tertiary/aromatic N) is 1. The van der Waals surface area contributed by atoms with Gasteiger partial charge in [0, 0.05) is 10.4 Å². The minimum Gasteiger partial charge on any atom is -0.508 e. The zero-order chi connectivity index (χ0) is 13.0. The van der Waals surface area contributed by atoms with Gasteiger partial charge in [0.2, 0.25) is 0 Å². The standard InChI is InChI=1S/C13H12N2O2S/c1-9-6-7-18-12(9)8-14-15-13(17)10-2-4-11(16)5-3-10/h2-8,16H,1H3,(H,15,17). The van der Waals surface area contributed by atoms with Crippen LogP contribution in [0.4, 0.5) is 0 Å². The fourth-order valence-corrected chi connectivity index (χ4v) is 2.13. The maximum atomic E-state index is 11.7. The first-order valence-electron chi connectivity index (χ1n) is 5.33. The second-order valence-electron chi connectivity index (χ2n) is 3.71. The summed E-state index contributed by atoms with van der Waals surface area (Å²) in [5.41, 5.74) is 4.02. The quantitative estimate of drug-likeness (QED) is 0.658. The Bertz CT molecular complexity index is 573. The number of carbonyl (C=O) groups excluding carboxylic acids is 1. The number of hydrogen-bond donors (Lipinski definition) is 2. The molecule has 0 atom stereocenters. The molecule has 92 valence electrons. The zero-order valence-electron chi connectivity index (χ0n) is 9.75. The van der Waals surface area contributed by atoms with Crippen molar-refractivity contribution in [2.45, 2.75) is 6.92 Å². The number of hydrogen-bond acceptors (Lipinski definition) is 4. The van der Waals surface area contributed by atoms with E-state index >= 15 is 0 Å². The molecular weight excluding hydrogens is 248 g/mol. The lowest BCUT2D eigenvalue weighted by Crippen LogP contribution is -2.17. The van der Waals surface area contributed by atoms with Gasteiger partial charge in [0.25, 0.3) is 5.91 Å². The van der Waals surface area contributed by atoms with Crippen LogP contribution in [-0.4, -0.2) is 17.2 Å². The Morgan fingerprint density at radius 2 is 2.06 bits per heavy atom. The lowest BCUT2D eigenvalue weighted by molar-refractivity contribution is 0.0955. The number of phenols is 1. The molecule has 2 rings (SSSR count). The Morgan fingerprint density at radius 1 is 1.33 bits per heavy atom. The van der Waals surface area contributed by atoms with Gasteiger partial charge in [-0.2, -0.15) is 5.10 Å². The maximum Gasteiger partial charge on any atom is 0.271 e. The zero-order valence-corrected chi connectivity index (χ0v) is 10.6. The fraction of sp³-hybridized carbons (Fsp3) is 0.0769. The Kier molecular flexibility index (Phi) is 3.74. The van der Waals surface area contributed by atoms with Gasteiger partial charge in [0.05, 0.1) is 6.21 Å². The molecule has 1 amide bonds. The molecule has 0 aliphatic rings. The SMILES string of the molecule is Cc1ccsc1C=NNC(=O)c1ccc(O)cc1. The third kappa shape index (κ3) is 2.95. The van der Waals surface area contributed by atoms with E-state index in [1.807, 2.05) is 18.4 Å². The molecule has 0 saturated carbocycles. The molecule has 0 unspecified atom stereocenters. The summed E-state index contributed by atoms with van der Waals surface area (Å²) in [7, 11) is 0. The molecule has 1 aromatic heterocycles. The molecule has 2 N–H and O–H groups in total. The first-order chi connectivity index (χ1) is 8.66.